The minimum Gasteiger partial charge on any atom is -0.468 e. The highest BCUT2D eigenvalue weighted by molar-refractivity contribution is 6.99. The maximum Gasteiger partial charge on any atom is 0.323 e. The standard InChI is InChI=1S/C23H31NO3Si/c1-23(2,3)28(19-12-8-6-9-13-19,20-14-10-7-11-15-20)27-18-16-21(22(25)26-5)24(4)17-18/h6-15,18,21H,16-17H2,1-5H3/t18-,21+/m1/s1. The number of benzene rings is 2. The highest BCUT2D eigenvalue weighted by Crippen LogP contribution is 2.39. The Labute approximate surface area is 169 Å². The third-order valence-corrected chi connectivity index (χ3v) is 10.8. The lowest BCUT2D eigenvalue weighted by Crippen LogP contribution is -2.67. The van der Waals surface area contributed by atoms with Gasteiger partial charge in [-0.2, -0.15) is 0 Å². The average molecular weight is 398 g/mol. The van der Waals surface area contributed by atoms with Crippen LogP contribution in [0.15, 0.2) is 60.7 Å². The van der Waals surface area contributed by atoms with E-state index in [0.29, 0.717) is 6.42 Å². The van der Waals surface area contributed by atoms with Gasteiger partial charge in [0, 0.05) is 6.54 Å². The van der Waals surface area contributed by atoms with E-state index in [1.54, 1.807) is 0 Å². The maximum atomic E-state index is 12.2. The molecule has 3 rings (SSSR count). The highest BCUT2D eigenvalue weighted by atomic mass is 28.4. The van der Waals surface area contributed by atoms with Crippen molar-refractivity contribution in [3.63, 3.8) is 0 Å². The molecule has 1 saturated heterocycles. The van der Waals surface area contributed by atoms with Gasteiger partial charge in [-0.15, -0.1) is 0 Å². The smallest absolute Gasteiger partial charge is 0.323 e. The van der Waals surface area contributed by atoms with Crippen LogP contribution in [0.2, 0.25) is 5.04 Å². The number of likely N-dealkylation sites (tertiary alicyclic amines) is 1. The van der Waals surface area contributed by atoms with Gasteiger partial charge in [-0.3, -0.25) is 9.69 Å². The molecule has 0 bridgehead atoms. The van der Waals surface area contributed by atoms with Crippen LogP contribution in [0.25, 0.3) is 0 Å². The SMILES string of the molecule is COC(=O)[C@@H]1C[C@@H](O[Si](c2ccccc2)(c2ccccc2)C(C)(C)C)CN1C. The molecule has 0 N–H and O–H groups in total. The molecule has 0 unspecified atom stereocenters. The van der Waals surface area contributed by atoms with Gasteiger partial charge < -0.3 is 9.16 Å². The quantitative estimate of drug-likeness (QED) is 0.574. The largest absolute Gasteiger partial charge is 0.468 e. The third kappa shape index (κ3) is 3.79. The van der Waals surface area contributed by atoms with Crippen LogP contribution in [0, 0.1) is 0 Å². The molecule has 0 radical (unpaired) electrons. The normalized spacial score (nSPS) is 20.9. The highest BCUT2D eigenvalue weighted by Gasteiger charge is 2.52. The molecule has 0 spiro atoms. The summed E-state index contributed by atoms with van der Waals surface area (Å²) in [5.41, 5.74) is 0. The number of hydrogen-bond donors (Lipinski definition) is 0. The third-order valence-electron chi connectivity index (χ3n) is 5.74. The Morgan fingerprint density at radius 3 is 1.93 bits per heavy atom. The molecule has 0 aromatic heterocycles. The van der Waals surface area contributed by atoms with Gasteiger partial charge in [0.25, 0.3) is 8.32 Å². The van der Waals surface area contributed by atoms with E-state index in [0.717, 1.165) is 6.54 Å². The number of carbonyl (C=O) groups excluding carboxylic acids is 1. The van der Waals surface area contributed by atoms with Gasteiger partial charge in [-0.05, 0) is 28.9 Å². The fraction of sp³-hybridized carbons (Fsp3) is 0.435. The summed E-state index contributed by atoms with van der Waals surface area (Å²) >= 11 is 0. The first-order valence-electron chi connectivity index (χ1n) is 9.86. The Morgan fingerprint density at radius 2 is 1.50 bits per heavy atom. The van der Waals surface area contributed by atoms with E-state index in [-0.39, 0.29) is 23.2 Å². The maximum absolute atomic E-state index is 12.2. The fourth-order valence-electron chi connectivity index (χ4n) is 4.39. The predicted octanol–water partition coefficient (Wildman–Crippen LogP) is 2.81. The van der Waals surface area contributed by atoms with E-state index in [2.05, 4.69) is 69.3 Å². The zero-order valence-corrected chi connectivity index (χ0v) is 18.5. The minimum atomic E-state index is -2.60. The molecule has 28 heavy (non-hydrogen) atoms. The Bertz CT molecular complexity index is 749. The van der Waals surface area contributed by atoms with Crippen molar-refractivity contribution in [1.82, 2.24) is 4.90 Å². The van der Waals surface area contributed by atoms with Crippen molar-refractivity contribution < 1.29 is 14.0 Å². The number of carbonyl (C=O) groups is 1. The number of likely N-dealkylation sites (N-methyl/N-ethyl adjacent to an activating group) is 1. The second-order valence-electron chi connectivity index (χ2n) is 8.62. The van der Waals surface area contributed by atoms with E-state index in [1.807, 2.05) is 24.1 Å². The van der Waals surface area contributed by atoms with Crippen LogP contribution in [0.1, 0.15) is 27.2 Å². The van der Waals surface area contributed by atoms with Crippen molar-refractivity contribution in [2.45, 2.75) is 44.4 Å². The van der Waals surface area contributed by atoms with Crippen LogP contribution < -0.4 is 10.4 Å². The number of ether oxygens (including phenoxy) is 1. The van der Waals surface area contributed by atoms with E-state index in [9.17, 15) is 4.79 Å². The van der Waals surface area contributed by atoms with Gasteiger partial charge in [0.2, 0.25) is 0 Å². The molecule has 1 heterocycles. The van der Waals surface area contributed by atoms with Crippen molar-refractivity contribution in [3.8, 4) is 0 Å². The summed E-state index contributed by atoms with van der Waals surface area (Å²) < 4.78 is 12.1. The molecule has 150 valence electrons. The summed E-state index contributed by atoms with van der Waals surface area (Å²) in [7, 11) is 0.822. The first kappa shape index (κ1) is 20.8. The zero-order valence-electron chi connectivity index (χ0n) is 17.5. The number of methoxy groups -OCH3 is 1. The molecule has 1 aliphatic rings. The fourth-order valence-corrected chi connectivity index (χ4v) is 9.08. The minimum absolute atomic E-state index is 0.0135. The monoisotopic (exact) mass is 397 g/mol. The molecule has 0 saturated carbocycles. The van der Waals surface area contributed by atoms with Crippen LogP contribution in [0.3, 0.4) is 0 Å². The first-order chi connectivity index (χ1) is 13.3. The summed E-state index contributed by atoms with van der Waals surface area (Å²) in [5.74, 6) is -0.184. The summed E-state index contributed by atoms with van der Waals surface area (Å²) in [6.45, 7) is 7.55. The van der Waals surface area contributed by atoms with Crippen LogP contribution in [-0.4, -0.2) is 52.0 Å². The lowest BCUT2D eigenvalue weighted by molar-refractivity contribution is -0.145. The Hall–Kier alpha value is -1.95. The Balaban J connectivity index is 2.06. The van der Waals surface area contributed by atoms with Crippen molar-refractivity contribution >= 4 is 24.7 Å². The molecule has 0 aliphatic carbocycles. The van der Waals surface area contributed by atoms with Crippen molar-refractivity contribution in [1.29, 1.82) is 0 Å². The van der Waals surface area contributed by atoms with Gasteiger partial charge in [0.05, 0.1) is 13.2 Å². The molecule has 1 fully saturated rings. The molecular formula is C23H31NO3Si. The van der Waals surface area contributed by atoms with Crippen LogP contribution in [0.4, 0.5) is 0 Å². The van der Waals surface area contributed by atoms with Crippen LogP contribution >= 0.6 is 0 Å². The lowest BCUT2D eigenvalue weighted by atomic mass is 10.2. The number of rotatable bonds is 5. The molecule has 2 atom stereocenters. The molecule has 1 aliphatic heterocycles. The van der Waals surface area contributed by atoms with Crippen molar-refractivity contribution in [2.75, 3.05) is 20.7 Å². The van der Waals surface area contributed by atoms with Crippen LogP contribution in [0.5, 0.6) is 0 Å². The molecule has 2 aromatic carbocycles. The number of hydrogen-bond acceptors (Lipinski definition) is 4. The van der Waals surface area contributed by atoms with Gasteiger partial charge in [0.1, 0.15) is 6.04 Å². The lowest BCUT2D eigenvalue weighted by Gasteiger charge is -2.44. The summed E-state index contributed by atoms with van der Waals surface area (Å²) in [5, 5.41) is 2.45. The average Bonchev–Trinajstić information content (AvgIpc) is 3.06. The first-order valence-corrected chi connectivity index (χ1v) is 11.8. The molecule has 5 heteroatoms. The summed E-state index contributed by atoms with van der Waals surface area (Å²) in [6, 6.07) is 21.0. The predicted molar refractivity (Wildman–Crippen MR) is 116 cm³/mol. The Morgan fingerprint density at radius 1 is 1.00 bits per heavy atom. The molecule has 2 aromatic rings. The van der Waals surface area contributed by atoms with Gasteiger partial charge >= 0.3 is 5.97 Å². The Kier molecular flexibility index (Phi) is 6.08. The van der Waals surface area contributed by atoms with E-state index in [1.165, 1.54) is 17.5 Å². The van der Waals surface area contributed by atoms with E-state index < -0.39 is 8.32 Å². The summed E-state index contributed by atoms with van der Waals surface area (Å²) in [4.78, 5) is 14.2. The number of nitrogens with zero attached hydrogens (tertiary/aromatic N) is 1. The van der Waals surface area contributed by atoms with E-state index in [4.69, 9.17) is 9.16 Å². The second kappa shape index (κ2) is 8.19. The molecule has 4 nitrogen and oxygen atoms in total. The molecular weight excluding hydrogens is 366 g/mol. The number of esters is 1. The van der Waals surface area contributed by atoms with Gasteiger partial charge in [-0.25, -0.2) is 0 Å². The van der Waals surface area contributed by atoms with Gasteiger partial charge in [0.15, 0.2) is 0 Å². The van der Waals surface area contributed by atoms with E-state index >= 15 is 0 Å². The molecule has 0 amide bonds. The summed E-state index contributed by atoms with van der Waals surface area (Å²) in [6.07, 6.45) is 0.647. The van der Waals surface area contributed by atoms with Gasteiger partial charge in [-0.1, -0.05) is 81.4 Å². The topological polar surface area (TPSA) is 38.8 Å². The van der Waals surface area contributed by atoms with Crippen LogP contribution in [-0.2, 0) is 14.0 Å². The van der Waals surface area contributed by atoms with Crippen molar-refractivity contribution in [3.05, 3.63) is 60.7 Å². The van der Waals surface area contributed by atoms with Crippen molar-refractivity contribution in [2.24, 2.45) is 0 Å². The second-order valence-corrected chi connectivity index (χ2v) is 12.9. The zero-order chi connectivity index (χ0) is 20.4.